The largest absolute Gasteiger partial charge is 0.463 e. The van der Waals surface area contributed by atoms with Crippen LogP contribution in [0, 0.1) is 5.82 Å². The molecule has 6 nitrogen and oxygen atoms in total. The van der Waals surface area contributed by atoms with Crippen molar-refractivity contribution >= 4 is 17.8 Å². The van der Waals surface area contributed by atoms with Crippen molar-refractivity contribution in [3.8, 4) is 0 Å². The van der Waals surface area contributed by atoms with Crippen molar-refractivity contribution in [3.63, 3.8) is 0 Å². The van der Waals surface area contributed by atoms with Gasteiger partial charge in [0.1, 0.15) is 12.4 Å². The third-order valence-electron chi connectivity index (χ3n) is 4.97. The normalized spacial score (nSPS) is 16.8. The van der Waals surface area contributed by atoms with Crippen LogP contribution in [0.1, 0.15) is 57.9 Å². The molecular weight excluding hydrogens is 375 g/mol. The lowest BCUT2D eigenvalue weighted by molar-refractivity contribution is -0.141. The highest BCUT2D eigenvalue weighted by Crippen LogP contribution is 2.37. The zero-order valence-electron chi connectivity index (χ0n) is 17.3. The topological polar surface area (TPSA) is 75.7 Å². The molecule has 0 bridgehead atoms. The maximum atomic E-state index is 13.7. The molecule has 7 heteroatoms. The lowest BCUT2D eigenvalue weighted by Gasteiger charge is -2.34. The first-order chi connectivity index (χ1) is 13.9. The second-order valence-electron chi connectivity index (χ2n) is 7.07. The fourth-order valence-electron chi connectivity index (χ4n) is 3.49. The van der Waals surface area contributed by atoms with E-state index in [2.05, 4.69) is 12.2 Å². The van der Waals surface area contributed by atoms with E-state index < -0.39 is 17.7 Å². The minimum Gasteiger partial charge on any atom is -0.463 e. The van der Waals surface area contributed by atoms with Gasteiger partial charge in [-0.15, -0.1) is 0 Å². The molecule has 158 valence electrons. The summed E-state index contributed by atoms with van der Waals surface area (Å²) in [6, 6.07) is 5.86. The number of unbranched alkanes of at least 4 members (excludes halogenated alkanes) is 2. The summed E-state index contributed by atoms with van der Waals surface area (Å²) in [5.41, 5.74) is 1.19. The van der Waals surface area contributed by atoms with Crippen LogP contribution in [-0.2, 0) is 19.1 Å². The van der Waals surface area contributed by atoms with Crippen molar-refractivity contribution in [2.24, 2.45) is 0 Å². The highest BCUT2D eigenvalue weighted by molar-refractivity contribution is 5.97. The average Bonchev–Trinajstić information content (AvgIpc) is 2.68. The molecule has 0 fully saturated rings. The van der Waals surface area contributed by atoms with Crippen LogP contribution in [0.15, 0.2) is 35.5 Å². The second kappa shape index (κ2) is 10.7. The van der Waals surface area contributed by atoms with Crippen LogP contribution in [0.4, 0.5) is 4.39 Å². The monoisotopic (exact) mass is 404 g/mol. The summed E-state index contributed by atoms with van der Waals surface area (Å²) >= 11 is 0. The molecule has 0 radical (unpaired) electrons. The summed E-state index contributed by atoms with van der Waals surface area (Å²) in [4.78, 5) is 39.0. The Morgan fingerprint density at radius 2 is 2.03 bits per heavy atom. The molecule has 29 heavy (non-hydrogen) atoms. The molecule has 1 aliphatic heterocycles. The molecule has 1 N–H and O–H groups in total. The standard InChI is InChI=1S/C22H29FN2O4/c1-4-6-7-11-24-19(26)14-25-15(3)21(22(28)29-5-2)18(13-20(25)27)16-9-8-10-17(23)12-16/h8-10,12,18H,4-7,11,13-14H2,1-3H3,(H,24,26)/t18-/m1/s1. The SMILES string of the molecule is CCCCCNC(=O)CN1C(=O)C[C@H](c2cccc(F)c2)C(C(=O)OCC)=C1C. The molecule has 1 atom stereocenters. The van der Waals surface area contributed by atoms with E-state index in [9.17, 15) is 18.8 Å². The Morgan fingerprint density at radius 1 is 1.28 bits per heavy atom. The fourth-order valence-corrected chi connectivity index (χ4v) is 3.49. The van der Waals surface area contributed by atoms with Crippen LogP contribution in [0.2, 0.25) is 0 Å². The van der Waals surface area contributed by atoms with E-state index >= 15 is 0 Å². The van der Waals surface area contributed by atoms with Crippen molar-refractivity contribution in [1.29, 1.82) is 0 Å². The molecule has 1 aromatic rings. The lowest BCUT2D eigenvalue weighted by atomic mass is 9.83. The highest BCUT2D eigenvalue weighted by atomic mass is 19.1. The molecule has 1 aromatic carbocycles. The Labute approximate surface area is 171 Å². The predicted octanol–water partition coefficient (Wildman–Crippen LogP) is 3.29. The Morgan fingerprint density at radius 3 is 2.69 bits per heavy atom. The van der Waals surface area contributed by atoms with Crippen molar-refractivity contribution in [1.82, 2.24) is 10.2 Å². The lowest BCUT2D eigenvalue weighted by Crippen LogP contribution is -2.44. The summed E-state index contributed by atoms with van der Waals surface area (Å²) in [6.45, 7) is 5.97. The molecular formula is C22H29FN2O4. The van der Waals surface area contributed by atoms with Gasteiger partial charge in [-0.1, -0.05) is 31.9 Å². The van der Waals surface area contributed by atoms with Gasteiger partial charge in [0.2, 0.25) is 11.8 Å². The smallest absolute Gasteiger partial charge is 0.336 e. The van der Waals surface area contributed by atoms with Crippen LogP contribution < -0.4 is 5.32 Å². The molecule has 0 aromatic heterocycles. The zero-order valence-corrected chi connectivity index (χ0v) is 17.3. The summed E-state index contributed by atoms with van der Waals surface area (Å²) in [6.07, 6.45) is 2.91. The van der Waals surface area contributed by atoms with E-state index in [4.69, 9.17) is 4.74 Å². The number of benzene rings is 1. The maximum Gasteiger partial charge on any atom is 0.336 e. The van der Waals surface area contributed by atoms with Gasteiger partial charge in [0.05, 0.1) is 12.2 Å². The van der Waals surface area contributed by atoms with Gasteiger partial charge in [-0.25, -0.2) is 9.18 Å². The number of halogens is 1. The van der Waals surface area contributed by atoms with Crippen molar-refractivity contribution in [2.75, 3.05) is 19.7 Å². The number of carbonyl (C=O) groups excluding carboxylic acids is 3. The number of hydrogen-bond acceptors (Lipinski definition) is 4. The number of hydrogen-bond donors (Lipinski definition) is 1. The zero-order chi connectivity index (χ0) is 21.4. The van der Waals surface area contributed by atoms with Gasteiger partial charge in [-0.2, -0.15) is 0 Å². The number of carbonyl (C=O) groups is 3. The van der Waals surface area contributed by atoms with Crippen LogP contribution in [-0.4, -0.2) is 42.4 Å². The second-order valence-corrected chi connectivity index (χ2v) is 7.07. The summed E-state index contributed by atoms with van der Waals surface area (Å²) in [5.74, 6) is -2.17. The Kier molecular flexibility index (Phi) is 8.36. The fraction of sp³-hybridized carbons (Fsp3) is 0.500. The molecule has 0 saturated carbocycles. The first-order valence-corrected chi connectivity index (χ1v) is 10.1. The molecule has 2 rings (SSSR count). The number of amides is 2. The maximum absolute atomic E-state index is 13.7. The molecule has 2 amide bonds. The van der Waals surface area contributed by atoms with E-state index in [1.54, 1.807) is 26.0 Å². The van der Waals surface area contributed by atoms with Gasteiger partial charge in [0.15, 0.2) is 0 Å². The highest BCUT2D eigenvalue weighted by Gasteiger charge is 2.37. The Hall–Kier alpha value is -2.70. The first kappa shape index (κ1) is 22.6. The predicted molar refractivity (Wildman–Crippen MR) is 107 cm³/mol. The molecule has 1 aliphatic rings. The third kappa shape index (κ3) is 5.89. The Bertz CT molecular complexity index is 791. The number of ether oxygens (including phenoxy) is 1. The van der Waals surface area contributed by atoms with Crippen molar-refractivity contribution in [3.05, 3.63) is 46.9 Å². The van der Waals surface area contributed by atoms with E-state index in [1.807, 2.05) is 0 Å². The van der Waals surface area contributed by atoms with Gasteiger partial charge < -0.3 is 15.0 Å². The minimum atomic E-state index is -0.610. The number of esters is 1. The third-order valence-corrected chi connectivity index (χ3v) is 4.97. The van der Waals surface area contributed by atoms with Gasteiger partial charge in [-0.3, -0.25) is 9.59 Å². The number of nitrogens with zero attached hydrogens (tertiary/aromatic N) is 1. The molecule has 0 saturated heterocycles. The van der Waals surface area contributed by atoms with Crippen LogP contribution in [0.25, 0.3) is 0 Å². The molecule has 0 spiro atoms. The quantitative estimate of drug-likeness (QED) is 0.506. The van der Waals surface area contributed by atoms with Gasteiger partial charge in [0, 0.05) is 24.6 Å². The summed E-state index contributed by atoms with van der Waals surface area (Å²) in [7, 11) is 0. The van der Waals surface area contributed by atoms with Crippen molar-refractivity contribution < 1.29 is 23.5 Å². The number of nitrogens with one attached hydrogen (secondary N) is 1. The van der Waals surface area contributed by atoms with Crippen LogP contribution >= 0.6 is 0 Å². The van der Waals surface area contributed by atoms with E-state index in [1.165, 1.54) is 17.0 Å². The van der Waals surface area contributed by atoms with Crippen LogP contribution in [0.5, 0.6) is 0 Å². The van der Waals surface area contributed by atoms with Gasteiger partial charge >= 0.3 is 5.97 Å². The number of allylic oxidation sites excluding steroid dienone is 1. The van der Waals surface area contributed by atoms with E-state index in [-0.39, 0.29) is 37.0 Å². The Balaban J connectivity index is 2.29. The van der Waals surface area contributed by atoms with E-state index in [0.717, 1.165) is 19.3 Å². The minimum absolute atomic E-state index is 0.0297. The molecule has 0 aliphatic carbocycles. The van der Waals surface area contributed by atoms with Gasteiger partial charge in [0.25, 0.3) is 0 Å². The summed E-state index contributed by atoms with van der Waals surface area (Å²) in [5, 5.41) is 2.80. The van der Waals surface area contributed by atoms with Crippen LogP contribution in [0.3, 0.4) is 0 Å². The number of rotatable bonds is 9. The summed E-state index contributed by atoms with van der Waals surface area (Å²) < 4.78 is 18.9. The van der Waals surface area contributed by atoms with E-state index in [0.29, 0.717) is 17.8 Å². The molecule has 0 unspecified atom stereocenters. The average molecular weight is 404 g/mol. The first-order valence-electron chi connectivity index (χ1n) is 10.1. The van der Waals surface area contributed by atoms with Crippen molar-refractivity contribution in [2.45, 2.75) is 52.4 Å². The molecule has 1 heterocycles. The van der Waals surface area contributed by atoms with Gasteiger partial charge in [-0.05, 0) is 38.0 Å².